The van der Waals surface area contributed by atoms with Gasteiger partial charge in [-0.05, 0) is 46.9 Å². The maximum absolute atomic E-state index is 13.7. The zero-order valence-corrected chi connectivity index (χ0v) is 18.9. The molecule has 3 aromatic carbocycles. The maximum atomic E-state index is 13.7. The monoisotopic (exact) mass is 451 g/mol. The lowest BCUT2D eigenvalue weighted by Gasteiger charge is -2.22. The fraction of sp³-hybridized carbons (Fsp3) is 0.172. The first kappa shape index (κ1) is 20.2. The number of benzene rings is 3. The van der Waals surface area contributed by atoms with E-state index in [-0.39, 0.29) is 35.5 Å². The van der Waals surface area contributed by atoms with Crippen molar-refractivity contribution in [1.29, 1.82) is 0 Å². The zero-order valence-electron chi connectivity index (χ0n) is 18.1. The minimum Gasteiger partial charge on any atom is -0.274 e. The summed E-state index contributed by atoms with van der Waals surface area (Å²) in [5, 5.41) is 0.519. The molecule has 4 atom stereocenters. The van der Waals surface area contributed by atoms with E-state index in [1.807, 2.05) is 49.4 Å². The molecule has 3 nitrogen and oxygen atoms in total. The summed E-state index contributed by atoms with van der Waals surface area (Å²) in [6, 6.07) is 25.9. The van der Waals surface area contributed by atoms with E-state index in [9.17, 15) is 9.59 Å². The number of hydrogen-bond donors (Lipinski definition) is 0. The number of hydrogen-bond acceptors (Lipinski definition) is 2. The number of rotatable bonds is 3. The first-order valence-corrected chi connectivity index (χ1v) is 11.6. The van der Waals surface area contributed by atoms with Gasteiger partial charge < -0.3 is 0 Å². The number of imide groups is 1. The summed E-state index contributed by atoms with van der Waals surface area (Å²) in [4.78, 5) is 28.8. The van der Waals surface area contributed by atoms with Crippen molar-refractivity contribution in [2.24, 2.45) is 23.7 Å². The van der Waals surface area contributed by atoms with Gasteiger partial charge in [-0.25, -0.2) is 4.90 Å². The Hall–Kier alpha value is -3.43. The Bertz CT molecular complexity index is 1270. The summed E-state index contributed by atoms with van der Waals surface area (Å²) >= 11 is 6.21. The largest absolute Gasteiger partial charge is 0.274 e. The Labute approximate surface area is 198 Å². The van der Waals surface area contributed by atoms with E-state index >= 15 is 0 Å². The normalized spacial score (nSPS) is 25.2. The number of carbonyl (C=O) groups is 2. The van der Waals surface area contributed by atoms with Gasteiger partial charge >= 0.3 is 0 Å². The van der Waals surface area contributed by atoms with Gasteiger partial charge in [0.1, 0.15) is 0 Å². The second-order valence-corrected chi connectivity index (χ2v) is 9.43. The summed E-state index contributed by atoms with van der Waals surface area (Å²) in [7, 11) is 0. The molecule has 33 heavy (non-hydrogen) atoms. The molecule has 2 bridgehead atoms. The third-order valence-electron chi connectivity index (χ3n) is 7.24. The number of allylic oxidation sites excluding steroid dienone is 3. The predicted octanol–water partition coefficient (Wildman–Crippen LogP) is 6.07. The predicted molar refractivity (Wildman–Crippen MR) is 131 cm³/mol. The Morgan fingerprint density at radius 3 is 1.79 bits per heavy atom. The van der Waals surface area contributed by atoms with Crippen LogP contribution in [0.3, 0.4) is 0 Å². The Kier molecular flexibility index (Phi) is 4.63. The second kappa shape index (κ2) is 7.57. The minimum absolute atomic E-state index is 0.0867. The third-order valence-corrected chi connectivity index (χ3v) is 7.48. The molecule has 0 radical (unpaired) electrons. The molecule has 3 aliphatic rings. The third kappa shape index (κ3) is 2.96. The van der Waals surface area contributed by atoms with E-state index < -0.39 is 0 Å². The van der Waals surface area contributed by atoms with Crippen LogP contribution in [0.1, 0.15) is 16.7 Å². The highest BCUT2D eigenvalue weighted by Crippen LogP contribution is 2.59. The van der Waals surface area contributed by atoms with Crippen molar-refractivity contribution < 1.29 is 9.59 Å². The van der Waals surface area contributed by atoms with Gasteiger partial charge in [0.05, 0.1) is 17.5 Å². The Morgan fingerprint density at radius 1 is 0.758 bits per heavy atom. The molecule has 3 aromatic rings. The van der Waals surface area contributed by atoms with Gasteiger partial charge in [-0.1, -0.05) is 90.5 Å². The van der Waals surface area contributed by atoms with E-state index in [1.165, 1.54) is 10.5 Å². The van der Waals surface area contributed by atoms with Gasteiger partial charge in [-0.3, -0.25) is 9.59 Å². The Balaban J connectivity index is 1.50. The molecule has 2 fully saturated rings. The molecule has 4 heteroatoms. The van der Waals surface area contributed by atoms with E-state index in [2.05, 4.69) is 36.4 Å². The van der Waals surface area contributed by atoms with Crippen LogP contribution >= 0.6 is 11.6 Å². The molecule has 1 heterocycles. The van der Waals surface area contributed by atoms with Crippen LogP contribution in [0.4, 0.5) is 5.69 Å². The molecular weight excluding hydrogens is 430 g/mol. The average molecular weight is 452 g/mol. The number of aryl methyl sites for hydroxylation is 1. The van der Waals surface area contributed by atoms with E-state index in [1.54, 1.807) is 12.1 Å². The van der Waals surface area contributed by atoms with E-state index in [4.69, 9.17) is 11.6 Å². The summed E-state index contributed by atoms with van der Waals surface area (Å²) < 4.78 is 0. The highest BCUT2D eigenvalue weighted by atomic mass is 35.5. The molecule has 0 spiro atoms. The van der Waals surface area contributed by atoms with Crippen LogP contribution in [0.15, 0.2) is 96.6 Å². The van der Waals surface area contributed by atoms with Crippen LogP contribution in [0.25, 0.3) is 5.57 Å². The van der Waals surface area contributed by atoms with Crippen LogP contribution in [0.5, 0.6) is 0 Å². The number of amides is 2. The summed E-state index contributed by atoms with van der Waals surface area (Å²) in [5.74, 6) is -1.16. The minimum atomic E-state index is -0.372. The molecule has 162 valence electrons. The molecular formula is C29H22ClNO2. The van der Waals surface area contributed by atoms with Gasteiger partial charge in [0.25, 0.3) is 0 Å². The standard InChI is InChI=1S/C29H22ClNO2/c1-17-12-13-20(30)16-23(17)31-28(32)26-21-14-15-22(27(26)29(31)33)25(21)24(18-8-4-2-5-9-18)19-10-6-3-7-11-19/h2-16,21-22,26-27H,1H3/t21-,22+,26-,27-/m0/s1. The van der Waals surface area contributed by atoms with Crippen LogP contribution < -0.4 is 4.90 Å². The van der Waals surface area contributed by atoms with Crippen molar-refractivity contribution in [2.45, 2.75) is 6.92 Å². The molecule has 0 unspecified atom stereocenters. The van der Waals surface area contributed by atoms with Gasteiger partial charge in [-0.15, -0.1) is 0 Å². The molecule has 1 saturated heterocycles. The number of fused-ring (bicyclic) bond motifs is 5. The molecule has 2 aliphatic carbocycles. The summed E-state index contributed by atoms with van der Waals surface area (Å²) in [5.41, 5.74) is 6.01. The molecule has 1 aliphatic heterocycles. The van der Waals surface area contributed by atoms with Gasteiger partial charge in [0, 0.05) is 16.9 Å². The first-order chi connectivity index (χ1) is 16.1. The van der Waals surface area contributed by atoms with Crippen molar-refractivity contribution in [3.05, 3.63) is 118 Å². The molecule has 1 saturated carbocycles. The zero-order chi connectivity index (χ0) is 22.7. The van der Waals surface area contributed by atoms with Crippen LogP contribution in [0, 0.1) is 30.6 Å². The lowest BCUT2D eigenvalue weighted by molar-refractivity contribution is -0.122. The Morgan fingerprint density at radius 2 is 1.27 bits per heavy atom. The van der Waals surface area contributed by atoms with Crippen LogP contribution in [-0.2, 0) is 9.59 Å². The SMILES string of the molecule is Cc1ccc(Cl)cc1N1C(=O)[C@@H]2[C@@H](C1=O)[C@H]1C=C[C@@H]2C1=C(c1ccccc1)c1ccccc1. The fourth-order valence-electron chi connectivity index (χ4n) is 5.87. The van der Waals surface area contributed by atoms with Gasteiger partial charge in [0.15, 0.2) is 0 Å². The fourth-order valence-corrected chi connectivity index (χ4v) is 6.03. The molecule has 0 aromatic heterocycles. The van der Waals surface area contributed by atoms with Crippen molar-refractivity contribution in [2.75, 3.05) is 4.90 Å². The molecule has 0 N–H and O–H groups in total. The topological polar surface area (TPSA) is 37.4 Å². The smallest absolute Gasteiger partial charge is 0.238 e. The van der Waals surface area contributed by atoms with Gasteiger partial charge in [0.2, 0.25) is 11.8 Å². The van der Waals surface area contributed by atoms with Crippen molar-refractivity contribution in [3.63, 3.8) is 0 Å². The maximum Gasteiger partial charge on any atom is 0.238 e. The lowest BCUT2D eigenvalue weighted by Crippen LogP contribution is -2.33. The van der Waals surface area contributed by atoms with Gasteiger partial charge in [-0.2, -0.15) is 0 Å². The van der Waals surface area contributed by atoms with Crippen molar-refractivity contribution >= 4 is 34.7 Å². The summed E-state index contributed by atoms with van der Waals surface area (Å²) in [6.07, 6.45) is 4.26. The summed E-state index contributed by atoms with van der Waals surface area (Å²) in [6.45, 7) is 1.90. The second-order valence-electron chi connectivity index (χ2n) is 8.99. The van der Waals surface area contributed by atoms with Crippen molar-refractivity contribution in [1.82, 2.24) is 0 Å². The average Bonchev–Trinajstić information content (AvgIpc) is 3.47. The van der Waals surface area contributed by atoms with E-state index in [0.717, 1.165) is 22.3 Å². The molecule has 6 rings (SSSR count). The van der Waals surface area contributed by atoms with Crippen LogP contribution in [0.2, 0.25) is 5.02 Å². The molecule has 2 amide bonds. The number of nitrogens with zero attached hydrogens (tertiary/aromatic N) is 1. The lowest BCUT2D eigenvalue weighted by atomic mass is 9.85. The highest BCUT2D eigenvalue weighted by molar-refractivity contribution is 6.31. The van der Waals surface area contributed by atoms with Crippen molar-refractivity contribution in [3.8, 4) is 0 Å². The number of anilines is 1. The number of halogens is 1. The first-order valence-electron chi connectivity index (χ1n) is 11.2. The quantitative estimate of drug-likeness (QED) is 0.358. The van der Waals surface area contributed by atoms with E-state index in [0.29, 0.717) is 10.7 Å². The number of carbonyl (C=O) groups excluding carboxylic acids is 2. The highest BCUT2D eigenvalue weighted by Gasteiger charge is 2.62. The van der Waals surface area contributed by atoms with Crippen LogP contribution in [-0.4, -0.2) is 11.8 Å².